The molecule has 0 saturated carbocycles. The Morgan fingerprint density at radius 3 is 2.00 bits per heavy atom. The molecular formula is C22H30O4Si. The molecule has 2 aromatic carbocycles. The lowest BCUT2D eigenvalue weighted by atomic mass is 9.87. The highest BCUT2D eigenvalue weighted by Crippen LogP contribution is 2.43. The molecular weight excluding hydrogens is 356 g/mol. The summed E-state index contributed by atoms with van der Waals surface area (Å²) in [6, 6.07) is 12.4. The van der Waals surface area contributed by atoms with E-state index in [1.54, 1.807) is 38.1 Å². The molecule has 0 aliphatic rings. The number of carboxylic acids is 1. The number of hydrogen-bond acceptors (Lipinski definition) is 3. The molecule has 0 spiro atoms. The predicted octanol–water partition coefficient (Wildman–Crippen LogP) is 5.66. The Morgan fingerprint density at radius 1 is 0.926 bits per heavy atom. The lowest BCUT2D eigenvalue weighted by molar-refractivity contribution is 0.0694. The zero-order valence-corrected chi connectivity index (χ0v) is 18.3. The molecule has 0 aliphatic carbocycles. The second kappa shape index (κ2) is 7.13. The van der Waals surface area contributed by atoms with Gasteiger partial charge in [-0.15, -0.1) is 0 Å². The summed E-state index contributed by atoms with van der Waals surface area (Å²) in [7, 11) is -2.14. The monoisotopic (exact) mass is 386 g/mol. The summed E-state index contributed by atoms with van der Waals surface area (Å²) in [6.07, 6.45) is 0. The number of carboxylic acid groups (broad SMARTS) is 1. The number of hydrogen-bond donors (Lipinski definition) is 2. The molecule has 0 saturated heterocycles. The van der Waals surface area contributed by atoms with E-state index in [2.05, 4.69) is 33.9 Å². The molecule has 0 fully saturated rings. The lowest BCUT2D eigenvalue weighted by Gasteiger charge is -2.38. The minimum absolute atomic E-state index is 0.00115. The van der Waals surface area contributed by atoms with Gasteiger partial charge >= 0.3 is 5.97 Å². The van der Waals surface area contributed by atoms with Crippen molar-refractivity contribution >= 4 is 14.3 Å². The Hall–Kier alpha value is -2.11. The van der Waals surface area contributed by atoms with Gasteiger partial charge in [0.15, 0.2) is 0 Å². The number of carbonyl (C=O) groups is 1. The highest BCUT2D eigenvalue weighted by atomic mass is 28.4. The third kappa shape index (κ3) is 4.42. The highest BCUT2D eigenvalue weighted by molar-refractivity contribution is 6.74. The first-order chi connectivity index (χ1) is 12.3. The molecule has 0 heterocycles. The average molecular weight is 387 g/mol. The molecule has 0 aliphatic heterocycles. The molecule has 0 atom stereocenters. The maximum Gasteiger partial charge on any atom is 0.336 e. The zero-order valence-electron chi connectivity index (χ0n) is 17.3. The fourth-order valence-corrected chi connectivity index (χ4v) is 3.83. The molecule has 0 bridgehead atoms. The van der Waals surface area contributed by atoms with Gasteiger partial charge in [-0.05, 0) is 55.2 Å². The van der Waals surface area contributed by atoms with Crippen molar-refractivity contribution in [3.8, 4) is 16.9 Å². The van der Waals surface area contributed by atoms with Gasteiger partial charge in [-0.1, -0.05) is 51.1 Å². The van der Waals surface area contributed by atoms with Gasteiger partial charge in [-0.2, -0.15) is 0 Å². The van der Waals surface area contributed by atoms with Gasteiger partial charge in [0.1, 0.15) is 5.75 Å². The van der Waals surface area contributed by atoms with Crippen LogP contribution in [0.15, 0.2) is 42.5 Å². The zero-order chi connectivity index (χ0) is 20.6. The third-order valence-electron chi connectivity index (χ3n) is 5.26. The van der Waals surface area contributed by atoms with E-state index < -0.39 is 19.9 Å². The van der Waals surface area contributed by atoms with Crippen LogP contribution < -0.4 is 4.43 Å². The molecule has 146 valence electrons. The summed E-state index contributed by atoms with van der Waals surface area (Å²) >= 11 is 0. The lowest BCUT2D eigenvalue weighted by Crippen LogP contribution is -2.44. The van der Waals surface area contributed by atoms with E-state index in [-0.39, 0.29) is 10.6 Å². The maximum atomic E-state index is 11.7. The summed E-state index contributed by atoms with van der Waals surface area (Å²) < 4.78 is 6.52. The SMILES string of the molecule is CC(C)(O)c1c(O[Si](C)(C)C(C)(C)C)cccc1-c1ccccc1C(=O)O. The summed E-state index contributed by atoms with van der Waals surface area (Å²) in [6.45, 7) is 14.2. The van der Waals surface area contributed by atoms with E-state index >= 15 is 0 Å². The highest BCUT2D eigenvalue weighted by Gasteiger charge is 2.40. The van der Waals surface area contributed by atoms with Gasteiger partial charge in [0, 0.05) is 5.56 Å². The molecule has 5 heteroatoms. The van der Waals surface area contributed by atoms with Crippen molar-refractivity contribution < 1.29 is 19.4 Å². The maximum absolute atomic E-state index is 11.7. The first-order valence-corrected chi connectivity index (χ1v) is 12.0. The van der Waals surface area contributed by atoms with Gasteiger partial charge in [0.25, 0.3) is 0 Å². The summed E-state index contributed by atoms with van der Waals surface area (Å²) in [5.41, 5.74) is 0.871. The Morgan fingerprint density at radius 2 is 1.48 bits per heavy atom. The van der Waals surface area contributed by atoms with Crippen molar-refractivity contribution in [2.24, 2.45) is 0 Å². The standard InChI is InChI=1S/C22H30O4Si/c1-21(2,3)27(6,7)26-18-14-10-13-16(19(18)22(4,5)25)15-11-8-9-12-17(15)20(23)24/h8-14,25H,1-7H3,(H,23,24). The first kappa shape index (κ1) is 21.2. The number of benzene rings is 2. The fraction of sp³-hybridized carbons (Fsp3) is 0.409. The van der Waals surface area contributed by atoms with E-state index in [1.807, 2.05) is 18.2 Å². The van der Waals surface area contributed by atoms with E-state index in [0.29, 0.717) is 22.4 Å². The van der Waals surface area contributed by atoms with Crippen LogP contribution in [0.3, 0.4) is 0 Å². The summed E-state index contributed by atoms with van der Waals surface area (Å²) in [5, 5.41) is 20.5. The smallest absolute Gasteiger partial charge is 0.336 e. The normalized spacial score (nSPS) is 12.7. The van der Waals surface area contributed by atoms with E-state index in [4.69, 9.17) is 4.43 Å². The molecule has 0 amide bonds. The van der Waals surface area contributed by atoms with Gasteiger partial charge in [0.05, 0.1) is 11.2 Å². The van der Waals surface area contributed by atoms with Crippen LogP contribution in [-0.4, -0.2) is 24.5 Å². The van der Waals surface area contributed by atoms with Gasteiger partial charge in [-0.25, -0.2) is 4.79 Å². The minimum atomic E-state index is -2.14. The van der Waals surface area contributed by atoms with Crippen molar-refractivity contribution in [3.05, 3.63) is 53.6 Å². The largest absolute Gasteiger partial charge is 0.543 e. The average Bonchev–Trinajstić information content (AvgIpc) is 2.52. The number of rotatable bonds is 5. The molecule has 0 radical (unpaired) electrons. The Bertz CT molecular complexity index is 842. The van der Waals surface area contributed by atoms with E-state index in [1.165, 1.54) is 0 Å². The van der Waals surface area contributed by atoms with Gasteiger partial charge < -0.3 is 14.6 Å². The van der Waals surface area contributed by atoms with E-state index in [9.17, 15) is 15.0 Å². The van der Waals surface area contributed by atoms with Crippen LogP contribution in [0.1, 0.15) is 50.5 Å². The second-order valence-corrected chi connectivity index (χ2v) is 13.7. The summed E-state index contributed by atoms with van der Waals surface area (Å²) in [4.78, 5) is 11.7. The van der Waals surface area contributed by atoms with Gasteiger partial charge in [0.2, 0.25) is 8.32 Å². The molecule has 2 rings (SSSR count). The first-order valence-electron chi connectivity index (χ1n) is 9.13. The van der Waals surface area contributed by atoms with Crippen molar-refractivity contribution in [1.82, 2.24) is 0 Å². The third-order valence-corrected chi connectivity index (χ3v) is 9.60. The molecule has 2 aromatic rings. The van der Waals surface area contributed by atoms with Crippen molar-refractivity contribution in [3.63, 3.8) is 0 Å². The van der Waals surface area contributed by atoms with Crippen LogP contribution in [0.5, 0.6) is 5.75 Å². The Labute approximate surface area is 163 Å². The second-order valence-electron chi connectivity index (χ2n) is 8.95. The van der Waals surface area contributed by atoms with Gasteiger partial charge in [-0.3, -0.25) is 0 Å². The molecule has 27 heavy (non-hydrogen) atoms. The number of aromatic carboxylic acids is 1. The Kier molecular flexibility index (Phi) is 5.60. The minimum Gasteiger partial charge on any atom is -0.543 e. The van der Waals surface area contributed by atoms with Crippen LogP contribution in [0, 0.1) is 0 Å². The number of aliphatic hydroxyl groups is 1. The van der Waals surface area contributed by atoms with Crippen LogP contribution in [0.4, 0.5) is 0 Å². The van der Waals surface area contributed by atoms with Crippen molar-refractivity contribution in [2.45, 2.75) is 58.4 Å². The summed E-state index contributed by atoms with van der Waals surface area (Å²) in [5.74, 6) is -0.380. The van der Waals surface area contributed by atoms with Crippen molar-refractivity contribution in [2.75, 3.05) is 0 Å². The topological polar surface area (TPSA) is 66.8 Å². The van der Waals surface area contributed by atoms with Crippen LogP contribution >= 0.6 is 0 Å². The Balaban J connectivity index is 2.75. The van der Waals surface area contributed by atoms with Crippen LogP contribution in [-0.2, 0) is 5.60 Å². The molecule has 4 nitrogen and oxygen atoms in total. The van der Waals surface area contributed by atoms with Crippen LogP contribution in [0.2, 0.25) is 18.1 Å². The molecule has 2 N–H and O–H groups in total. The quantitative estimate of drug-likeness (QED) is 0.650. The fourth-order valence-electron chi connectivity index (χ4n) is 2.80. The van der Waals surface area contributed by atoms with Crippen molar-refractivity contribution in [1.29, 1.82) is 0 Å². The predicted molar refractivity (Wildman–Crippen MR) is 112 cm³/mol. The molecule has 0 aromatic heterocycles. The van der Waals surface area contributed by atoms with Crippen LogP contribution in [0.25, 0.3) is 11.1 Å². The molecule has 0 unspecified atom stereocenters. The van der Waals surface area contributed by atoms with E-state index in [0.717, 1.165) is 0 Å².